The van der Waals surface area contributed by atoms with Crippen LogP contribution in [0.5, 0.6) is 0 Å². The van der Waals surface area contributed by atoms with Crippen molar-refractivity contribution < 1.29 is 23.1 Å². The highest BCUT2D eigenvalue weighted by atomic mass is 19.3. The van der Waals surface area contributed by atoms with E-state index in [9.17, 15) is 23.1 Å². The van der Waals surface area contributed by atoms with Crippen LogP contribution in [0.25, 0.3) is 11.1 Å². The number of halogens is 3. The predicted molar refractivity (Wildman–Crippen MR) is 106 cm³/mol. The zero-order valence-corrected chi connectivity index (χ0v) is 16.8. The summed E-state index contributed by atoms with van der Waals surface area (Å²) >= 11 is 0. The zero-order chi connectivity index (χ0) is 22.4. The Bertz CT molecular complexity index is 993. The first-order valence-corrected chi connectivity index (χ1v) is 9.70. The number of benzene rings is 1. The van der Waals surface area contributed by atoms with Gasteiger partial charge in [0.15, 0.2) is 11.6 Å². The van der Waals surface area contributed by atoms with Gasteiger partial charge in [0.1, 0.15) is 0 Å². The molecule has 0 bridgehead atoms. The molecule has 2 atom stereocenters. The van der Waals surface area contributed by atoms with E-state index in [1.807, 2.05) is 12.1 Å². The van der Waals surface area contributed by atoms with Crippen LogP contribution in [-0.2, 0) is 24.7 Å². The van der Waals surface area contributed by atoms with E-state index in [0.29, 0.717) is 24.2 Å². The monoisotopic (exact) mass is 433 g/mol. The molecular weight excluding hydrogens is 411 g/mol. The normalized spacial score (nSPS) is 13.4. The Morgan fingerprint density at radius 1 is 1.10 bits per heavy atom. The molecule has 1 N–H and O–H groups in total. The summed E-state index contributed by atoms with van der Waals surface area (Å²) in [6.07, 6.45) is -2.23. The summed E-state index contributed by atoms with van der Waals surface area (Å²) in [4.78, 5) is 17.0. The summed E-state index contributed by atoms with van der Waals surface area (Å²) in [5.74, 6) is -1.94. The fraction of sp³-hybridized carbons (Fsp3) is 0.381. The van der Waals surface area contributed by atoms with E-state index >= 15 is 0 Å². The van der Waals surface area contributed by atoms with Crippen LogP contribution in [0.15, 0.2) is 42.6 Å². The van der Waals surface area contributed by atoms with Crippen molar-refractivity contribution in [2.75, 3.05) is 6.67 Å². The van der Waals surface area contributed by atoms with Gasteiger partial charge < -0.3 is 5.11 Å². The molecule has 0 aliphatic heterocycles. The van der Waals surface area contributed by atoms with Crippen LogP contribution in [0, 0.1) is 5.92 Å². The zero-order valence-electron chi connectivity index (χ0n) is 16.8. The van der Waals surface area contributed by atoms with Crippen molar-refractivity contribution in [1.82, 2.24) is 25.2 Å². The van der Waals surface area contributed by atoms with Gasteiger partial charge in [-0.2, -0.15) is 4.80 Å². The third-order valence-corrected chi connectivity index (χ3v) is 4.92. The SMILES string of the molecule is Cn1nnc(CCc2ccc(-c3ccc([C@@H](O)[C@@H](CF)CC(=O)C(F)F)cc3)cn2)n1. The quantitative estimate of drug-likeness (QED) is 0.529. The molecule has 3 aromatic rings. The lowest BCUT2D eigenvalue weighted by Crippen LogP contribution is -2.22. The number of hydrogen-bond acceptors (Lipinski definition) is 6. The maximum Gasteiger partial charge on any atom is 0.295 e. The Kier molecular flexibility index (Phi) is 7.45. The summed E-state index contributed by atoms with van der Waals surface area (Å²) in [6, 6.07) is 10.4. The number of aliphatic hydroxyl groups is 1. The Labute approximate surface area is 176 Å². The molecule has 0 saturated heterocycles. The number of Topliss-reactive ketones (excluding diaryl/α,β-unsaturated/α-hetero) is 1. The second-order valence-electron chi connectivity index (χ2n) is 7.19. The molecule has 7 nitrogen and oxygen atoms in total. The van der Waals surface area contributed by atoms with Gasteiger partial charge in [-0.05, 0) is 28.8 Å². The highest BCUT2D eigenvalue weighted by molar-refractivity contribution is 5.81. The van der Waals surface area contributed by atoms with Gasteiger partial charge in [0.2, 0.25) is 0 Å². The number of rotatable bonds is 10. The van der Waals surface area contributed by atoms with Crippen LogP contribution >= 0.6 is 0 Å². The molecule has 0 aliphatic rings. The molecule has 0 aliphatic carbocycles. The standard InChI is InChI=1S/C21H22F3N5O2/c1-29-27-19(26-28-29)9-8-17-7-6-15(12-25-17)13-2-4-14(5-3-13)20(31)16(11-22)10-18(30)21(23)24/h2-7,12,16,20-21,31H,8-11H2,1H3/t16-,20-/m1/s1. The van der Waals surface area contributed by atoms with E-state index in [1.165, 1.54) is 4.80 Å². The van der Waals surface area contributed by atoms with Gasteiger partial charge in [-0.1, -0.05) is 30.3 Å². The molecule has 3 rings (SSSR count). The van der Waals surface area contributed by atoms with Crippen LogP contribution in [0.3, 0.4) is 0 Å². The lowest BCUT2D eigenvalue weighted by atomic mass is 9.91. The molecule has 0 fully saturated rings. The summed E-state index contributed by atoms with van der Waals surface area (Å²) < 4.78 is 38.0. The minimum atomic E-state index is -3.17. The second kappa shape index (κ2) is 10.3. The average Bonchev–Trinajstić information content (AvgIpc) is 3.21. The van der Waals surface area contributed by atoms with Crippen molar-refractivity contribution in [3.63, 3.8) is 0 Å². The van der Waals surface area contributed by atoms with Crippen LogP contribution in [0.2, 0.25) is 0 Å². The van der Waals surface area contributed by atoms with Gasteiger partial charge in [-0.25, -0.2) is 8.78 Å². The molecule has 0 unspecified atom stereocenters. The largest absolute Gasteiger partial charge is 0.388 e. The van der Waals surface area contributed by atoms with Crippen molar-refractivity contribution in [3.05, 3.63) is 59.7 Å². The van der Waals surface area contributed by atoms with Gasteiger partial charge >= 0.3 is 0 Å². The van der Waals surface area contributed by atoms with Crippen molar-refractivity contribution in [3.8, 4) is 11.1 Å². The van der Waals surface area contributed by atoms with E-state index < -0.39 is 37.3 Å². The van der Waals surface area contributed by atoms with Crippen molar-refractivity contribution >= 4 is 5.78 Å². The summed E-state index contributed by atoms with van der Waals surface area (Å²) in [7, 11) is 1.70. The molecule has 1 aromatic carbocycles. The summed E-state index contributed by atoms with van der Waals surface area (Å²) in [6.45, 7) is -1.07. The van der Waals surface area contributed by atoms with Crippen molar-refractivity contribution in [2.24, 2.45) is 13.0 Å². The maximum absolute atomic E-state index is 13.2. The minimum Gasteiger partial charge on any atom is -0.388 e. The van der Waals surface area contributed by atoms with Gasteiger partial charge in [0, 0.05) is 36.2 Å². The van der Waals surface area contributed by atoms with E-state index in [2.05, 4.69) is 20.4 Å². The first kappa shape index (κ1) is 22.5. The number of tetrazole rings is 1. The molecular formula is C21H22F3N5O2. The Hall–Kier alpha value is -3.14. The Balaban J connectivity index is 1.63. The first-order chi connectivity index (χ1) is 14.9. The number of aryl methyl sites for hydroxylation is 3. The minimum absolute atomic E-state index is 0.356. The maximum atomic E-state index is 13.2. The lowest BCUT2D eigenvalue weighted by molar-refractivity contribution is -0.131. The third-order valence-electron chi connectivity index (χ3n) is 4.92. The summed E-state index contributed by atoms with van der Waals surface area (Å²) in [5.41, 5.74) is 2.90. The van der Waals surface area contributed by atoms with Crippen LogP contribution in [0.1, 0.15) is 29.6 Å². The molecule has 0 radical (unpaired) electrons. The van der Waals surface area contributed by atoms with E-state index in [0.717, 1.165) is 16.8 Å². The smallest absolute Gasteiger partial charge is 0.295 e. The van der Waals surface area contributed by atoms with E-state index in [1.54, 1.807) is 37.5 Å². The Morgan fingerprint density at radius 3 is 2.35 bits per heavy atom. The highest BCUT2D eigenvalue weighted by Crippen LogP contribution is 2.28. The highest BCUT2D eigenvalue weighted by Gasteiger charge is 2.27. The summed E-state index contributed by atoms with van der Waals surface area (Å²) in [5, 5.41) is 22.1. The number of carbonyl (C=O) groups excluding carboxylic acids is 1. The molecule has 0 spiro atoms. The number of hydrogen-bond donors (Lipinski definition) is 1. The van der Waals surface area contributed by atoms with Crippen LogP contribution in [-0.4, -0.2) is 49.2 Å². The number of nitrogens with zero attached hydrogens (tertiary/aromatic N) is 5. The number of aromatic nitrogens is 5. The van der Waals surface area contributed by atoms with Crippen molar-refractivity contribution in [2.45, 2.75) is 31.8 Å². The molecule has 0 amide bonds. The molecule has 31 heavy (non-hydrogen) atoms. The van der Waals surface area contributed by atoms with Gasteiger partial charge in [-0.3, -0.25) is 14.2 Å². The first-order valence-electron chi connectivity index (χ1n) is 9.70. The number of alkyl halides is 3. The molecule has 2 heterocycles. The molecule has 0 saturated carbocycles. The van der Waals surface area contributed by atoms with Crippen LogP contribution in [0.4, 0.5) is 13.2 Å². The third kappa shape index (κ3) is 5.94. The van der Waals surface area contributed by atoms with Gasteiger partial charge in [0.25, 0.3) is 6.43 Å². The van der Waals surface area contributed by atoms with Crippen molar-refractivity contribution in [1.29, 1.82) is 0 Å². The second-order valence-corrected chi connectivity index (χ2v) is 7.19. The number of ketones is 1. The van der Waals surface area contributed by atoms with E-state index in [4.69, 9.17) is 0 Å². The number of aliphatic hydroxyl groups excluding tert-OH is 1. The van der Waals surface area contributed by atoms with Crippen LogP contribution < -0.4 is 0 Å². The molecule has 164 valence electrons. The fourth-order valence-electron chi connectivity index (χ4n) is 3.15. The van der Waals surface area contributed by atoms with Gasteiger partial charge in [-0.15, -0.1) is 10.2 Å². The average molecular weight is 433 g/mol. The number of pyridine rings is 1. The molecule has 10 heteroatoms. The molecule has 2 aromatic heterocycles. The number of carbonyl (C=O) groups is 1. The topological polar surface area (TPSA) is 93.8 Å². The fourth-order valence-corrected chi connectivity index (χ4v) is 3.15. The Morgan fingerprint density at radius 2 is 1.81 bits per heavy atom. The van der Waals surface area contributed by atoms with Gasteiger partial charge in [0.05, 0.1) is 19.8 Å². The lowest BCUT2D eigenvalue weighted by Gasteiger charge is -2.20. The van der Waals surface area contributed by atoms with E-state index in [-0.39, 0.29) is 0 Å². The predicted octanol–water partition coefficient (Wildman–Crippen LogP) is 2.90.